The van der Waals surface area contributed by atoms with Crippen molar-refractivity contribution in [1.29, 1.82) is 0 Å². The lowest BCUT2D eigenvalue weighted by molar-refractivity contribution is -0.117. The lowest BCUT2D eigenvalue weighted by Gasteiger charge is -2.10. The van der Waals surface area contributed by atoms with Crippen LogP contribution in [-0.2, 0) is 21.3 Å². The smallest absolute Gasteiger partial charge is 0.296 e. The highest BCUT2D eigenvalue weighted by Crippen LogP contribution is 2.20. The van der Waals surface area contributed by atoms with E-state index in [0.717, 1.165) is 6.42 Å². The van der Waals surface area contributed by atoms with Crippen LogP contribution in [0.2, 0.25) is 0 Å². The number of nitrogens with one attached hydrogen (secondary N) is 1. The molecule has 0 bridgehead atoms. The van der Waals surface area contributed by atoms with E-state index in [-0.39, 0.29) is 10.6 Å². The molecule has 4 N–H and O–H groups in total. The average Bonchev–Trinajstić information content (AvgIpc) is 2.55. The van der Waals surface area contributed by atoms with Crippen LogP contribution in [0.1, 0.15) is 19.4 Å². The summed E-state index contributed by atoms with van der Waals surface area (Å²) in [5.74, 6) is -0.531. The summed E-state index contributed by atoms with van der Waals surface area (Å²) in [6, 6.07) is 15.2. The first-order valence-corrected chi connectivity index (χ1v) is 8.86. The minimum Gasteiger partial charge on any atom is -0.323 e. The SMILES string of the molecule is CC(N)C(=O)Nc1ccccc1S(=O)(=O)O.CCc1ccccc1. The lowest BCUT2D eigenvalue weighted by atomic mass is 10.2. The molecule has 1 atom stereocenters. The molecule has 0 heterocycles. The third-order valence-corrected chi connectivity index (χ3v) is 4.00. The van der Waals surface area contributed by atoms with E-state index in [1.807, 2.05) is 6.07 Å². The number of carbonyl (C=O) groups excluding carboxylic acids is 1. The van der Waals surface area contributed by atoms with Gasteiger partial charge in [0.05, 0.1) is 11.7 Å². The Morgan fingerprint density at radius 1 is 1.12 bits per heavy atom. The van der Waals surface area contributed by atoms with Crippen LogP contribution in [0, 0.1) is 0 Å². The molecule has 2 aromatic carbocycles. The van der Waals surface area contributed by atoms with Gasteiger partial charge < -0.3 is 11.1 Å². The van der Waals surface area contributed by atoms with Gasteiger partial charge in [0.2, 0.25) is 5.91 Å². The maximum absolute atomic E-state index is 11.3. The molecule has 0 fully saturated rings. The van der Waals surface area contributed by atoms with Crippen molar-refractivity contribution < 1.29 is 17.8 Å². The summed E-state index contributed by atoms with van der Waals surface area (Å²) in [7, 11) is -4.36. The normalized spacial score (nSPS) is 11.8. The van der Waals surface area contributed by atoms with Gasteiger partial charge in [-0.05, 0) is 31.0 Å². The van der Waals surface area contributed by atoms with Crippen molar-refractivity contribution in [3.63, 3.8) is 0 Å². The van der Waals surface area contributed by atoms with Gasteiger partial charge >= 0.3 is 0 Å². The van der Waals surface area contributed by atoms with Crippen molar-refractivity contribution in [2.24, 2.45) is 5.73 Å². The van der Waals surface area contributed by atoms with E-state index >= 15 is 0 Å². The van der Waals surface area contributed by atoms with Gasteiger partial charge in [-0.25, -0.2) is 0 Å². The van der Waals surface area contributed by atoms with Crippen molar-refractivity contribution in [2.45, 2.75) is 31.2 Å². The minimum atomic E-state index is -4.36. The monoisotopic (exact) mass is 350 g/mol. The Bertz CT molecular complexity index is 759. The number of hydrogen-bond donors (Lipinski definition) is 3. The molecule has 0 spiro atoms. The second kappa shape index (κ2) is 9.17. The fourth-order valence-corrected chi connectivity index (χ4v) is 2.40. The van der Waals surface area contributed by atoms with Crippen molar-refractivity contribution in [2.75, 3.05) is 5.32 Å². The van der Waals surface area contributed by atoms with Crippen LogP contribution in [0.15, 0.2) is 59.5 Å². The van der Waals surface area contributed by atoms with Crippen molar-refractivity contribution in [3.8, 4) is 0 Å². The highest BCUT2D eigenvalue weighted by Gasteiger charge is 2.17. The Morgan fingerprint density at radius 3 is 2.12 bits per heavy atom. The van der Waals surface area contributed by atoms with Crippen LogP contribution < -0.4 is 11.1 Å². The molecular formula is C17H22N2O4S. The van der Waals surface area contributed by atoms with Gasteiger partial charge in [-0.2, -0.15) is 8.42 Å². The summed E-state index contributed by atoms with van der Waals surface area (Å²) < 4.78 is 30.9. The predicted molar refractivity (Wildman–Crippen MR) is 94.4 cm³/mol. The fourth-order valence-electron chi connectivity index (χ4n) is 1.76. The highest BCUT2D eigenvalue weighted by molar-refractivity contribution is 7.86. The van der Waals surface area contributed by atoms with Crippen LogP contribution in [0.4, 0.5) is 5.69 Å². The van der Waals surface area contributed by atoms with Crippen LogP contribution in [-0.4, -0.2) is 24.9 Å². The summed E-state index contributed by atoms with van der Waals surface area (Å²) in [6.45, 7) is 3.63. The molecule has 1 amide bonds. The fraction of sp³-hybridized carbons (Fsp3) is 0.235. The first-order valence-electron chi connectivity index (χ1n) is 7.42. The standard InChI is InChI=1S/C9H12N2O4S.C8H10/c1-6(10)9(12)11-7-4-2-3-5-8(7)16(13,14)15;1-2-8-6-4-3-5-7-8/h2-6H,10H2,1H3,(H,11,12)(H,13,14,15);3-7H,2H2,1H3. The molecule has 0 aliphatic heterocycles. The van der Waals surface area contributed by atoms with Gasteiger partial charge in [-0.3, -0.25) is 9.35 Å². The Hall–Kier alpha value is -2.22. The summed E-state index contributed by atoms with van der Waals surface area (Å²) in [4.78, 5) is 10.9. The number of rotatable bonds is 4. The van der Waals surface area contributed by atoms with Crippen LogP contribution in [0.3, 0.4) is 0 Å². The van der Waals surface area contributed by atoms with E-state index in [0.29, 0.717) is 0 Å². The molecule has 0 aliphatic carbocycles. The number of nitrogens with two attached hydrogens (primary N) is 1. The summed E-state index contributed by atoms with van der Waals surface area (Å²) in [6.07, 6.45) is 1.14. The van der Waals surface area contributed by atoms with E-state index in [4.69, 9.17) is 10.3 Å². The van der Waals surface area contributed by atoms with Crippen molar-refractivity contribution >= 4 is 21.7 Å². The Morgan fingerprint density at radius 2 is 1.67 bits per heavy atom. The quantitative estimate of drug-likeness (QED) is 0.734. The van der Waals surface area contributed by atoms with E-state index in [9.17, 15) is 13.2 Å². The Balaban J connectivity index is 0.000000300. The van der Waals surface area contributed by atoms with Crippen LogP contribution >= 0.6 is 0 Å². The number of amides is 1. The molecule has 1 unspecified atom stereocenters. The van der Waals surface area contributed by atoms with Crippen LogP contribution in [0.25, 0.3) is 0 Å². The number of aryl methyl sites for hydroxylation is 1. The number of para-hydroxylation sites is 1. The van der Waals surface area contributed by atoms with Gasteiger partial charge in [0.25, 0.3) is 10.1 Å². The molecule has 24 heavy (non-hydrogen) atoms. The first-order chi connectivity index (χ1) is 11.3. The Labute approximate surface area is 142 Å². The van der Waals surface area contributed by atoms with Crippen molar-refractivity contribution in [3.05, 3.63) is 60.2 Å². The molecule has 0 aromatic heterocycles. The van der Waals surface area contributed by atoms with E-state index < -0.39 is 22.1 Å². The molecule has 0 saturated heterocycles. The van der Waals surface area contributed by atoms with E-state index in [2.05, 4.69) is 36.5 Å². The van der Waals surface area contributed by atoms with Crippen LogP contribution in [0.5, 0.6) is 0 Å². The second-order valence-electron chi connectivity index (χ2n) is 5.09. The number of hydrogen-bond acceptors (Lipinski definition) is 4. The van der Waals surface area contributed by atoms with Gasteiger partial charge in [0, 0.05) is 0 Å². The molecule has 2 aromatic rings. The van der Waals surface area contributed by atoms with E-state index in [1.54, 1.807) is 0 Å². The second-order valence-corrected chi connectivity index (χ2v) is 6.48. The molecule has 6 nitrogen and oxygen atoms in total. The third kappa shape index (κ3) is 6.49. The third-order valence-electron chi connectivity index (χ3n) is 3.09. The molecule has 130 valence electrons. The summed E-state index contributed by atoms with van der Waals surface area (Å²) in [5, 5.41) is 2.31. The summed E-state index contributed by atoms with van der Waals surface area (Å²) in [5.41, 5.74) is 6.74. The minimum absolute atomic E-state index is 0.00676. The molecule has 0 aliphatic rings. The first kappa shape index (κ1) is 19.8. The molecule has 0 saturated carbocycles. The maximum atomic E-state index is 11.3. The average molecular weight is 350 g/mol. The molecular weight excluding hydrogens is 328 g/mol. The predicted octanol–water partition coefficient (Wildman–Crippen LogP) is 2.47. The summed E-state index contributed by atoms with van der Waals surface area (Å²) >= 11 is 0. The zero-order chi connectivity index (χ0) is 18.2. The largest absolute Gasteiger partial charge is 0.323 e. The zero-order valence-corrected chi connectivity index (χ0v) is 14.5. The maximum Gasteiger partial charge on any atom is 0.296 e. The topological polar surface area (TPSA) is 109 Å². The lowest BCUT2D eigenvalue weighted by Crippen LogP contribution is -2.32. The molecule has 2 rings (SSSR count). The number of carbonyl (C=O) groups is 1. The van der Waals surface area contributed by atoms with E-state index in [1.165, 1.54) is 36.8 Å². The Kier molecular flexibility index (Phi) is 7.57. The van der Waals surface area contributed by atoms with Crippen molar-refractivity contribution in [1.82, 2.24) is 0 Å². The van der Waals surface area contributed by atoms with Gasteiger partial charge in [0.15, 0.2) is 0 Å². The van der Waals surface area contributed by atoms with Gasteiger partial charge in [-0.1, -0.05) is 49.4 Å². The number of benzene rings is 2. The molecule has 7 heteroatoms. The molecule has 0 radical (unpaired) electrons. The highest BCUT2D eigenvalue weighted by atomic mass is 32.2. The number of anilines is 1. The van der Waals surface area contributed by atoms with Gasteiger partial charge in [0.1, 0.15) is 4.90 Å². The zero-order valence-electron chi connectivity index (χ0n) is 13.6. The van der Waals surface area contributed by atoms with Gasteiger partial charge in [-0.15, -0.1) is 0 Å².